The van der Waals surface area contributed by atoms with E-state index in [4.69, 9.17) is 11.1 Å². The third-order valence-corrected chi connectivity index (χ3v) is 21.3. The maximum atomic E-state index is 6.49. The molecule has 64 valence electrons. The minimum Gasteiger partial charge on any atom is -0.170 e. The fourth-order valence-electron chi connectivity index (χ4n) is 0.747. The van der Waals surface area contributed by atoms with Crippen molar-refractivity contribution in [1.82, 2.24) is 0 Å². The zero-order valence-corrected chi connectivity index (χ0v) is 10.4. The van der Waals surface area contributed by atoms with Gasteiger partial charge in [0, 0.05) is 0 Å². The molecule has 1 unspecified atom stereocenters. The molecular weight excluding hydrogens is 188 g/mol. The van der Waals surface area contributed by atoms with Crippen molar-refractivity contribution in [2.75, 3.05) is 0 Å². The van der Waals surface area contributed by atoms with E-state index in [1.54, 1.807) is 0 Å². The molecular formula is C8H17ClSi2. The van der Waals surface area contributed by atoms with E-state index in [0.717, 1.165) is 6.04 Å². The van der Waals surface area contributed by atoms with Crippen molar-refractivity contribution in [3.05, 3.63) is 24.9 Å². The first-order valence-electron chi connectivity index (χ1n) is 3.81. The lowest BCUT2D eigenvalue weighted by molar-refractivity contribution is 1.64. The second kappa shape index (κ2) is 3.74. The summed E-state index contributed by atoms with van der Waals surface area (Å²) < 4.78 is 0. The highest BCUT2D eigenvalue weighted by Gasteiger charge is 2.40. The number of rotatable bonds is 4. The maximum absolute atomic E-state index is 6.49. The smallest absolute Gasteiger partial charge is 0.152 e. The number of hydrogen-bond acceptors (Lipinski definition) is 0. The lowest BCUT2D eigenvalue weighted by Gasteiger charge is -2.31. The van der Waals surface area contributed by atoms with Crippen molar-refractivity contribution in [2.24, 2.45) is 0 Å². The molecule has 3 heteroatoms. The van der Waals surface area contributed by atoms with Gasteiger partial charge < -0.3 is 0 Å². The Hall–Kier alpha value is 0.204. The fraction of sp³-hybridized carbons (Fsp3) is 0.500. The summed E-state index contributed by atoms with van der Waals surface area (Å²) in [6, 6.07) is 1.000. The van der Waals surface area contributed by atoms with Crippen LogP contribution < -0.4 is 0 Å². The molecule has 0 aromatic rings. The van der Waals surface area contributed by atoms with E-state index in [-0.39, 0.29) is 0 Å². The SMILES string of the molecule is C=CC[Si](C)(Cl)[Si](C)(C)C=C. The van der Waals surface area contributed by atoms with Gasteiger partial charge in [0.1, 0.15) is 0 Å². The molecule has 0 aliphatic heterocycles. The quantitative estimate of drug-likeness (QED) is 0.374. The Morgan fingerprint density at radius 1 is 1.27 bits per heavy atom. The maximum Gasteiger partial charge on any atom is 0.152 e. The van der Waals surface area contributed by atoms with E-state index < -0.39 is 14.5 Å². The highest BCUT2D eigenvalue weighted by Crippen LogP contribution is 2.27. The summed E-state index contributed by atoms with van der Waals surface area (Å²) in [5.41, 5.74) is 2.09. The van der Waals surface area contributed by atoms with Crippen molar-refractivity contribution in [3.63, 3.8) is 0 Å². The van der Waals surface area contributed by atoms with E-state index in [9.17, 15) is 0 Å². The Morgan fingerprint density at radius 2 is 1.73 bits per heavy atom. The van der Waals surface area contributed by atoms with Crippen LogP contribution in [0, 0.1) is 0 Å². The van der Waals surface area contributed by atoms with Crippen LogP contribution in [0.25, 0.3) is 0 Å². The first kappa shape index (κ1) is 11.2. The second-order valence-corrected chi connectivity index (χ2v) is 20.9. The fourth-order valence-corrected chi connectivity index (χ4v) is 6.55. The van der Waals surface area contributed by atoms with Crippen LogP contribution in [0.15, 0.2) is 24.9 Å². The molecule has 0 aliphatic carbocycles. The first-order chi connectivity index (χ1) is 4.87. The van der Waals surface area contributed by atoms with Crippen LogP contribution in [0.4, 0.5) is 0 Å². The topological polar surface area (TPSA) is 0 Å². The highest BCUT2D eigenvalue weighted by atomic mass is 35.6. The van der Waals surface area contributed by atoms with Gasteiger partial charge in [-0.1, -0.05) is 25.7 Å². The summed E-state index contributed by atoms with van der Waals surface area (Å²) in [4.78, 5) is 0. The molecule has 0 aromatic heterocycles. The lowest BCUT2D eigenvalue weighted by Crippen LogP contribution is -2.51. The monoisotopic (exact) mass is 204 g/mol. The van der Waals surface area contributed by atoms with Gasteiger partial charge in [-0.05, 0) is 6.04 Å². The molecule has 0 N–H and O–H groups in total. The van der Waals surface area contributed by atoms with Crippen molar-refractivity contribution in [3.8, 4) is 0 Å². The van der Waals surface area contributed by atoms with Crippen LogP contribution in [-0.2, 0) is 0 Å². The normalized spacial score (nSPS) is 17.1. The molecule has 0 aliphatic rings. The predicted octanol–water partition coefficient (Wildman–Crippen LogP) is 3.50. The molecule has 0 spiro atoms. The van der Waals surface area contributed by atoms with Gasteiger partial charge in [-0.15, -0.1) is 18.9 Å². The van der Waals surface area contributed by atoms with Gasteiger partial charge in [0.25, 0.3) is 0 Å². The Bertz CT molecular complexity index is 161. The van der Waals surface area contributed by atoms with Gasteiger partial charge in [0.05, 0.1) is 7.59 Å². The van der Waals surface area contributed by atoms with Crippen LogP contribution in [-0.4, -0.2) is 14.5 Å². The molecule has 0 heterocycles. The van der Waals surface area contributed by atoms with Crippen molar-refractivity contribution >= 4 is 25.6 Å². The van der Waals surface area contributed by atoms with Gasteiger partial charge >= 0.3 is 0 Å². The Labute approximate surface area is 76.5 Å². The van der Waals surface area contributed by atoms with Crippen molar-refractivity contribution in [1.29, 1.82) is 0 Å². The van der Waals surface area contributed by atoms with E-state index >= 15 is 0 Å². The average molecular weight is 205 g/mol. The summed E-state index contributed by atoms with van der Waals surface area (Å²) in [7, 11) is -1.33. The van der Waals surface area contributed by atoms with Crippen LogP contribution in [0.1, 0.15) is 0 Å². The molecule has 11 heavy (non-hydrogen) atoms. The molecule has 0 radical (unpaired) electrons. The predicted molar refractivity (Wildman–Crippen MR) is 60.2 cm³/mol. The summed E-state index contributed by atoms with van der Waals surface area (Å²) in [6.45, 7) is 12.8. The Morgan fingerprint density at radius 3 is 2.00 bits per heavy atom. The van der Waals surface area contributed by atoms with Gasteiger partial charge in [0.2, 0.25) is 0 Å². The average Bonchev–Trinajstić information content (AvgIpc) is 1.87. The number of allylic oxidation sites excluding steroid dienone is 1. The van der Waals surface area contributed by atoms with Crippen molar-refractivity contribution in [2.45, 2.75) is 25.7 Å². The third kappa shape index (κ3) is 2.62. The third-order valence-electron chi connectivity index (χ3n) is 2.38. The lowest BCUT2D eigenvalue weighted by atomic mass is 10.8. The van der Waals surface area contributed by atoms with Crippen LogP contribution in [0.5, 0.6) is 0 Å². The summed E-state index contributed by atoms with van der Waals surface area (Å²) >= 11 is 6.49. The van der Waals surface area contributed by atoms with Crippen LogP contribution >= 0.6 is 11.1 Å². The van der Waals surface area contributed by atoms with E-state index in [1.807, 2.05) is 6.08 Å². The highest BCUT2D eigenvalue weighted by molar-refractivity contribution is 7.60. The molecule has 0 aromatic carbocycles. The zero-order chi connectivity index (χ0) is 9.12. The summed E-state index contributed by atoms with van der Waals surface area (Å²) in [6.07, 6.45) is 1.94. The standard InChI is InChI=1S/C8H17ClSi2/c1-6-8-11(5,9)10(3,4)7-2/h6-7H,1-2,8H2,3-5H3. The van der Waals surface area contributed by atoms with Crippen LogP contribution in [0.2, 0.25) is 25.7 Å². The van der Waals surface area contributed by atoms with Gasteiger partial charge in [-0.2, -0.15) is 11.1 Å². The largest absolute Gasteiger partial charge is 0.170 e. The molecule has 0 bridgehead atoms. The Balaban J connectivity index is 4.50. The molecule has 0 nitrogen and oxygen atoms in total. The van der Waals surface area contributed by atoms with Gasteiger partial charge in [-0.25, -0.2) is 0 Å². The van der Waals surface area contributed by atoms with E-state index in [1.165, 1.54) is 0 Å². The molecule has 1 atom stereocenters. The second-order valence-electron chi connectivity index (χ2n) is 3.62. The van der Waals surface area contributed by atoms with Crippen LogP contribution in [0.3, 0.4) is 0 Å². The Kier molecular flexibility index (Phi) is 3.81. The first-order valence-corrected chi connectivity index (χ1v) is 11.6. The minimum absolute atomic E-state index is 1.000. The number of hydrogen-bond donors (Lipinski definition) is 0. The summed E-state index contributed by atoms with van der Waals surface area (Å²) in [5.74, 6) is 0. The number of halogens is 1. The van der Waals surface area contributed by atoms with E-state index in [0.29, 0.717) is 0 Å². The summed E-state index contributed by atoms with van der Waals surface area (Å²) in [5, 5.41) is 0. The zero-order valence-electron chi connectivity index (χ0n) is 7.65. The molecule has 0 saturated heterocycles. The van der Waals surface area contributed by atoms with Gasteiger partial charge in [-0.3, -0.25) is 0 Å². The van der Waals surface area contributed by atoms with Crippen molar-refractivity contribution < 1.29 is 0 Å². The molecule has 0 saturated carbocycles. The van der Waals surface area contributed by atoms with E-state index in [2.05, 4.69) is 38.5 Å². The molecule has 0 amide bonds. The minimum atomic E-state index is -1.56. The molecule has 0 rings (SSSR count). The van der Waals surface area contributed by atoms with Gasteiger partial charge in [0.15, 0.2) is 6.90 Å². The molecule has 0 fully saturated rings.